The van der Waals surface area contributed by atoms with Crippen molar-refractivity contribution in [2.75, 3.05) is 0 Å². The molecule has 3 aliphatic rings. The van der Waals surface area contributed by atoms with Crippen LogP contribution in [0.3, 0.4) is 0 Å². The highest BCUT2D eigenvalue weighted by atomic mass is 14.8. The van der Waals surface area contributed by atoms with Crippen molar-refractivity contribution in [1.82, 2.24) is 0 Å². The molecule has 2 N–H and O–H groups in total. The molecule has 4 rings (SSSR count). The standard InChI is InChI=1S/C30H49N/c1-6-30(31)15-14-27(20-30)26-13-12-24-16-22(10-11-25(24)17-26)8-7-9-23-18-28(2,3)21-29(4,5)19-23/h12-13,17,22-23,27H,6-11,14-16,18-21,31H2,1-5H3/t22-,27+,30-/m1/s1. The van der Waals surface area contributed by atoms with E-state index >= 15 is 0 Å². The van der Waals surface area contributed by atoms with E-state index in [0.717, 1.165) is 18.3 Å². The van der Waals surface area contributed by atoms with Crippen LogP contribution in [0.4, 0.5) is 0 Å². The highest BCUT2D eigenvalue weighted by molar-refractivity contribution is 5.36. The molecule has 0 amide bonds. The molecule has 2 saturated carbocycles. The molecule has 1 aromatic rings. The molecule has 0 spiro atoms. The number of benzene rings is 1. The van der Waals surface area contributed by atoms with Crippen molar-refractivity contribution in [3.63, 3.8) is 0 Å². The largest absolute Gasteiger partial charge is 0.325 e. The average molecular weight is 424 g/mol. The second kappa shape index (κ2) is 8.85. The Morgan fingerprint density at radius 1 is 0.903 bits per heavy atom. The Morgan fingerprint density at radius 3 is 2.29 bits per heavy atom. The fraction of sp³-hybridized carbons (Fsp3) is 0.800. The quantitative estimate of drug-likeness (QED) is 0.490. The smallest absolute Gasteiger partial charge is 0.0157 e. The van der Waals surface area contributed by atoms with Gasteiger partial charge in [-0.25, -0.2) is 0 Å². The van der Waals surface area contributed by atoms with E-state index in [4.69, 9.17) is 5.73 Å². The minimum Gasteiger partial charge on any atom is -0.325 e. The Morgan fingerprint density at radius 2 is 1.61 bits per heavy atom. The first-order chi connectivity index (χ1) is 14.6. The normalized spacial score (nSPS) is 32.7. The van der Waals surface area contributed by atoms with Crippen molar-refractivity contribution in [3.8, 4) is 0 Å². The van der Waals surface area contributed by atoms with Crippen LogP contribution in [-0.2, 0) is 12.8 Å². The molecule has 1 nitrogen and oxygen atoms in total. The van der Waals surface area contributed by atoms with Crippen LogP contribution in [0.15, 0.2) is 18.2 Å². The van der Waals surface area contributed by atoms with Gasteiger partial charge in [0.25, 0.3) is 0 Å². The first-order valence-electron chi connectivity index (χ1n) is 13.5. The van der Waals surface area contributed by atoms with Crippen molar-refractivity contribution in [1.29, 1.82) is 0 Å². The van der Waals surface area contributed by atoms with E-state index in [9.17, 15) is 0 Å². The van der Waals surface area contributed by atoms with Crippen molar-refractivity contribution in [3.05, 3.63) is 34.9 Å². The van der Waals surface area contributed by atoms with E-state index in [1.807, 2.05) is 0 Å². The lowest BCUT2D eigenvalue weighted by Gasteiger charge is -2.45. The van der Waals surface area contributed by atoms with Gasteiger partial charge < -0.3 is 5.73 Å². The Labute approximate surface area is 193 Å². The third-order valence-corrected chi connectivity index (χ3v) is 9.24. The van der Waals surface area contributed by atoms with E-state index < -0.39 is 0 Å². The predicted octanol–water partition coefficient (Wildman–Crippen LogP) is 8.19. The number of hydrogen-bond donors (Lipinski definition) is 1. The Balaban J connectivity index is 1.28. The van der Waals surface area contributed by atoms with Gasteiger partial charge in [-0.1, -0.05) is 72.1 Å². The Bertz CT molecular complexity index is 744. The topological polar surface area (TPSA) is 26.0 Å². The summed E-state index contributed by atoms with van der Waals surface area (Å²) in [7, 11) is 0. The second-order valence-corrected chi connectivity index (χ2v) is 13.5. The van der Waals surface area contributed by atoms with E-state index in [1.165, 1.54) is 77.0 Å². The van der Waals surface area contributed by atoms with Gasteiger partial charge in [0, 0.05) is 5.54 Å². The van der Waals surface area contributed by atoms with Gasteiger partial charge in [0.15, 0.2) is 0 Å². The number of aryl methyl sites for hydroxylation is 1. The minimum absolute atomic E-state index is 0.0917. The molecule has 2 fully saturated rings. The number of nitrogens with two attached hydrogens (primary N) is 1. The number of fused-ring (bicyclic) bond motifs is 1. The van der Waals surface area contributed by atoms with E-state index in [-0.39, 0.29) is 5.54 Å². The lowest BCUT2D eigenvalue weighted by molar-refractivity contribution is 0.0621. The summed E-state index contributed by atoms with van der Waals surface area (Å²) in [6, 6.07) is 7.48. The van der Waals surface area contributed by atoms with Crippen molar-refractivity contribution in [2.45, 2.75) is 130 Å². The maximum absolute atomic E-state index is 6.57. The van der Waals surface area contributed by atoms with Crippen LogP contribution in [0.1, 0.15) is 128 Å². The molecule has 174 valence electrons. The molecule has 0 heterocycles. The number of hydrogen-bond acceptors (Lipinski definition) is 1. The second-order valence-electron chi connectivity index (χ2n) is 13.5. The zero-order valence-corrected chi connectivity index (χ0v) is 21.2. The van der Waals surface area contributed by atoms with Crippen LogP contribution in [0.5, 0.6) is 0 Å². The summed E-state index contributed by atoms with van der Waals surface area (Å²) in [5.74, 6) is 2.55. The van der Waals surface area contributed by atoms with Crippen LogP contribution in [0, 0.1) is 22.7 Å². The zero-order chi connectivity index (χ0) is 22.3. The van der Waals surface area contributed by atoms with Gasteiger partial charge in [-0.3, -0.25) is 0 Å². The average Bonchev–Trinajstić information content (AvgIpc) is 3.08. The molecule has 0 bridgehead atoms. The third kappa shape index (κ3) is 5.76. The molecular weight excluding hydrogens is 374 g/mol. The minimum atomic E-state index is 0.0917. The lowest BCUT2D eigenvalue weighted by atomic mass is 9.60. The van der Waals surface area contributed by atoms with Gasteiger partial charge in [-0.05, 0) is 109 Å². The summed E-state index contributed by atoms with van der Waals surface area (Å²) in [5, 5.41) is 0. The molecule has 0 radical (unpaired) electrons. The molecule has 0 aromatic heterocycles. The summed E-state index contributed by atoms with van der Waals surface area (Å²) in [5.41, 5.74) is 12.6. The van der Waals surface area contributed by atoms with Crippen molar-refractivity contribution in [2.24, 2.45) is 28.4 Å². The first kappa shape index (κ1) is 23.3. The summed E-state index contributed by atoms with van der Waals surface area (Å²) in [4.78, 5) is 0. The molecule has 0 saturated heterocycles. The van der Waals surface area contributed by atoms with E-state index in [2.05, 4.69) is 52.8 Å². The van der Waals surface area contributed by atoms with Crippen LogP contribution >= 0.6 is 0 Å². The molecule has 3 aliphatic carbocycles. The molecular formula is C30H49N. The van der Waals surface area contributed by atoms with Gasteiger partial charge in [-0.15, -0.1) is 0 Å². The highest BCUT2D eigenvalue weighted by Gasteiger charge is 2.38. The van der Waals surface area contributed by atoms with Crippen molar-refractivity contribution < 1.29 is 0 Å². The van der Waals surface area contributed by atoms with Gasteiger partial charge >= 0.3 is 0 Å². The first-order valence-corrected chi connectivity index (χ1v) is 13.5. The Kier molecular flexibility index (Phi) is 6.66. The van der Waals surface area contributed by atoms with Gasteiger partial charge in [0.2, 0.25) is 0 Å². The summed E-state index contributed by atoms with van der Waals surface area (Å²) >= 11 is 0. The third-order valence-electron chi connectivity index (χ3n) is 9.24. The van der Waals surface area contributed by atoms with Crippen LogP contribution in [0.25, 0.3) is 0 Å². The van der Waals surface area contributed by atoms with Crippen LogP contribution in [-0.4, -0.2) is 5.54 Å². The molecule has 0 aliphatic heterocycles. The molecule has 1 heteroatoms. The molecule has 0 unspecified atom stereocenters. The highest BCUT2D eigenvalue weighted by Crippen LogP contribution is 2.49. The monoisotopic (exact) mass is 423 g/mol. The lowest BCUT2D eigenvalue weighted by Crippen LogP contribution is -2.35. The summed E-state index contributed by atoms with van der Waals surface area (Å²) in [6.45, 7) is 12.2. The van der Waals surface area contributed by atoms with Gasteiger partial charge in [-0.2, -0.15) is 0 Å². The molecule has 3 atom stereocenters. The van der Waals surface area contributed by atoms with Gasteiger partial charge in [0.05, 0.1) is 0 Å². The fourth-order valence-electron chi connectivity index (χ4n) is 8.09. The van der Waals surface area contributed by atoms with E-state index in [0.29, 0.717) is 16.7 Å². The fourth-order valence-corrected chi connectivity index (χ4v) is 8.09. The molecule has 31 heavy (non-hydrogen) atoms. The number of rotatable bonds is 6. The van der Waals surface area contributed by atoms with Gasteiger partial charge in [0.1, 0.15) is 0 Å². The van der Waals surface area contributed by atoms with Crippen molar-refractivity contribution >= 4 is 0 Å². The summed E-state index contributed by atoms with van der Waals surface area (Å²) < 4.78 is 0. The Hall–Kier alpha value is -0.820. The van der Waals surface area contributed by atoms with Crippen LogP contribution in [0.2, 0.25) is 0 Å². The van der Waals surface area contributed by atoms with Crippen LogP contribution < -0.4 is 5.73 Å². The summed E-state index contributed by atoms with van der Waals surface area (Å²) in [6.07, 6.45) is 17.4. The van der Waals surface area contributed by atoms with E-state index in [1.54, 1.807) is 16.7 Å². The molecule has 1 aromatic carbocycles. The zero-order valence-electron chi connectivity index (χ0n) is 21.2. The predicted molar refractivity (Wildman–Crippen MR) is 135 cm³/mol. The maximum atomic E-state index is 6.57. The maximum Gasteiger partial charge on any atom is 0.0157 e. The SMILES string of the molecule is CC[C@@]1(N)CC[C@H](c2ccc3c(c2)CC[C@@H](CCCC2CC(C)(C)CC(C)(C)C2)C3)C1.